The minimum atomic E-state index is -0.849. The molecule has 0 unspecified atom stereocenters. The van der Waals surface area contributed by atoms with Crippen LogP contribution in [0.25, 0.3) is 5.69 Å². The average Bonchev–Trinajstić information content (AvgIpc) is 2.84. The van der Waals surface area contributed by atoms with Crippen molar-refractivity contribution in [1.29, 1.82) is 0 Å². The summed E-state index contributed by atoms with van der Waals surface area (Å²) >= 11 is 0. The van der Waals surface area contributed by atoms with Crippen LogP contribution in [0.15, 0.2) is 30.3 Å². The average molecular weight is 275 g/mol. The number of nitrogens with one attached hydrogen (secondary N) is 1. The van der Waals surface area contributed by atoms with Crippen molar-refractivity contribution in [2.24, 2.45) is 0 Å². The fraction of sp³-hybridized carbons (Fsp3) is 0.500. The highest BCUT2D eigenvalue weighted by molar-refractivity contribution is 5.30. The lowest BCUT2D eigenvalue weighted by atomic mass is 9.86. The Labute approximate surface area is 118 Å². The van der Waals surface area contributed by atoms with Crippen LogP contribution in [0.3, 0.4) is 0 Å². The molecule has 2 aromatic rings. The molecule has 0 radical (unpaired) electrons. The lowest BCUT2D eigenvalue weighted by Gasteiger charge is -2.38. The zero-order valence-corrected chi connectivity index (χ0v) is 12.3. The van der Waals surface area contributed by atoms with E-state index in [2.05, 4.69) is 20.8 Å². The second kappa shape index (κ2) is 5.30. The Morgan fingerprint density at radius 1 is 1.15 bits per heavy atom. The quantitative estimate of drug-likeness (QED) is 0.860. The molecule has 0 atom stereocenters. The van der Waals surface area contributed by atoms with Gasteiger partial charge in [0.25, 0.3) is 0 Å². The zero-order chi connectivity index (χ0) is 14.8. The number of para-hydroxylation sites is 1. The van der Waals surface area contributed by atoms with Gasteiger partial charge in [-0.05, 0) is 50.3 Å². The van der Waals surface area contributed by atoms with Gasteiger partial charge in [-0.3, -0.25) is 0 Å². The Morgan fingerprint density at radius 2 is 1.80 bits per heavy atom. The maximum atomic E-state index is 10.1. The van der Waals surface area contributed by atoms with Gasteiger partial charge in [-0.1, -0.05) is 18.2 Å². The van der Waals surface area contributed by atoms with Gasteiger partial charge >= 0.3 is 0 Å². The molecule has 1 heterocycles. The first-order chi connectivity index (χ1) is 9.31. The molecule has 6 nitrogen and oxygen atoms in total. The van der Waals surface area contributed by atoms with Crippen LogP contribution in [0.1, 0.15) is 33.5 Å². The highest BCUT2D eigenvalue weighted by Gasteiger charge is 2.34. The Hall–Kier alpha value is -1.79. The van der Waals surface area contributed by atoms with Gasteiger partial charge in [-0.2, -0.15) is 4.68 Å². The summed E-state index contributed by atoms with van der Waals surface area (Å²) < 4.78 is 1.69. The van der Waals surface area contributed by atoms with Crippen molar-refractivity contribution in [2.45, 2.75) is 45.4 Å². The lowest BCUT2D eigenvalue weighted by Crippen LogP contribution is -2.55. The molecule has 6 heteroatoms. The van der Waals surface area contributed by atoms with Crippen LogP contribution in [-0.4, -0.2) is 36.5 Å². The lowest BCUT2D eigenvalue weighted by molar-refractivity contribution is -0.00568. The summed E-state index contributed by atoms with van der Waals surface area (Å²) in [6.45, 7) is 7.92. The van der Waals surface area contributed by atoms with Crippen LogP contribution in [0.4, 0.5) is 0 Å². The van der Waals surface area contributed by atoms with E-state index in [-0.39, 0.29) is 0 Å². The van der Waals surface area contributed by atoms with E-state index in [1.54, 1.807) is 18.5 Å². The van der Waals surface area contributed by atoms with Crippen LogP contribution in [0.5, 0.6) is 0 Å². The van der Waals surface area contributed by atoms with Gasteiger partial charge in [0.2, 0.25) is 0 Å². The van der Waals surface area contributed by atoms with Crippen molar-refractivity contribution in [3.63, 3.8) is 0 Å². The van der Waals surface area contributed by atoms with Gasteiger partial charge in [0.05, 0.1) is 17.8 Å². The first-order valence-corrected chi connectivity index (χ1v) is 6.61. The van der Waals surface area contributed by atoms with E-state index >= 15 is 0 Å². The Bertz CT molecular complexity index is 556. The SMILES string of the molecule is CC(C)(O)C(C)(C)NCc1nnnn1-c1ccccc1. The number of aliphatic hydroxyl groups is 1. The Morgan fingerprint density at radius 3 is 2.40 bits per heavy atom. The molecule has 2 rings (SSSR count). The van der Waals surface area contributed by atoms with Crippen molar-refractivity contribution < 1.29 is 5.11 Å². The van der Waals surface area contributed by atoms with Crippen molar-refractivity contribution >= 4 is 0 Å². The zero-order valence-electron chi connectivity index (χ0n) is 12.3. The molecule has 1 aromatic heterocycles. The predicted molar refractivity (Wildman–Crippen MR) is 76.4 cm³/mol. The molecule has 0 aliphatic rings. The van der Waals surface area contributed by atoms with Crippen molar-refractivity contribution in [2.75, 3.05) is 0 Å². The summed E-state index contributed by atoms with van der Waals surface area (Å²) in [5.41, 5.74) is -0.395. The van der Waals surface area contributed by atoms with E-state index in [0.717, 1.165) is 5.69 Å². The van der Waals surface area contributed by atoms with E-state index < -0.39 is 11.1 Å². The summed E-state index contributed by atoms with van der Waals surface area (Å²) in [6.07, 6.45) is 0. The summed E-state index contributed by atoms with van der Waals surface area (Å²) in [6, 6.07) is 9.72. The topological polar surface area (TPSA) is 75.9 Å². The molecule has 0 fully saturated rings. The Balaban J connectivity index is 2.15. The molecule has 0 amide bonds. The van der Waals surface area contributed by atoms with Crippen LogP contribution in [-0.2, 0) is 6.54 Å². The van der Waals surface area contributed by atoms with Gasteiger partial charge in [0.15, 0.2) is 5.82 Å². The molecular weight excluding hydrogens is 254 g/mol. The number of benzene rings is 1. The Kier molecular flexibility index (Phi) is 3.87. The second-order valence-electron chi connectivity index (χ2n) is 5.88. The first kappa shape index (κ1) is 14.6. The summed E-state index contributed by atoms with van der Waals surface area (Å²) in [4.78, 5) is 0. The normalized spacial score (nSPS) is 12.7. The maximum absolute atomic E-state index is 10.1. The predicted octanol–water partition coefficient (Wildman–Crippen LogP) is 1.30. The van der Waals surface area contributed by atoms with Crippen LogP contribution in [0.2, 0.25) is 0 Å². The number of tetrazole rings is 1. The van der Waals surface area contributed by atoms with E-state index in [4.69, 9.17) is 0 Å². The largest absolute Gasteiger partial charge is 0.389 e. The van der Waals surface area contributed by atoms with Crippen molar-refractivity contribution in [1.82, 2.24) is 25.5 Å². The minimum absolute atomic E-state index is 0.458. The van der Waals surface area contributed by atoms with E-state index in [0.29, 0.717) is 12.4 Å². The smallest absolute Gasteiger partial charge is 0.170 e. The van der Waals surface area contributed by atoms with E-state index in [1.165, 1.54) is 0 Å². The molecule has 0 spiro atoms. The number of aromatic nitrogens is 4. The third-order valence-electron chi connectivity index (χ3n) is 3.75. The van der Waals surface area contributed by atoms with Gasteiger partial charge in [-0.25, -0.2) is 0 Å². The minimum Gasteiger partial charge on any atom is -0.389 e. The third kappa shape index (κ3) is 3.02. The molecule has 0 aliphatic heterocycles. The van der Waals surface area contributed by atoms with Gasteiger partial charge in [0, 0.05) is 5.54 Å². The van der Waals surface area contributed by atoms with Gasteiger partial charge in [-0.15, -0.1) is 5.10 Å². The monoisotopic (exact) mass is 275 g/mol. The highest BCUT2D eigenvalue weighted by atomic mass is 16.3. The van der Waals surface area contributed by atoms with Crippen LogP contribution in [0, 0.1) is 0 Å². The van der Waals surface area contributed by atoms with Gasteiger partial charge in [0.1, 0.15) is 0 Å². The molecule has 0 saturated heterocycles. The first-order valence-electron chi connectivity index (χ1n) is 6.61. The number of rotatable bonds is 5. The molecule has 0 saturated carbocycles. The molecule has 1 aromatic carbocycles. The molecule has 0 bridgehead atoms. The summed E-state index contributed by atoms with van der Waals surface area (Å²) in [5.74, 6) is 0.702. The summed E-state index contributed by atoms with van der Waals surface area (Å²) in [5, 5.41) is 25.2. The van der Waals surface area contributed by atoms with Gasteiger partial charge < -0.3 is 10.4 Å². The number of nitrogens with zero attached hydrogens (tertiary/aromatic N) is 4. The fourth-order valence-corrected chi connectivity index (χ4v) is 1.60. The molecule has 0 aliphatic carbocycles. The third-order valence-corrected chi connectivity index (χ3v) is 3.75. The van der Waals surface area contributed by atoms with E-state index in [9.17, 15) is 5.11 Å². The number of hydrogen-bond acceptors (Lipinski definition) is 5. The molecule has 2 N–H and O–H groups in total. The standard InChI is InChI=1S/C14H21N5O/c1-13(2,14(3,4)20)15-10-12-16-17-18-19(12)11-8-6-5-7-9-11/h5-9,15,20H,10H2,1-4H3. The van der Waals surface area contributed by atoms with Crippen molar-refractivity contribution in [3.05, 3.63) is 36.2 Å². The molecule has 20 heavy (non-hydrogen) atoms. The van der Waals surface area contributed by atoms with E-state index in [1.807, 2.05) is 44.2 Å². The number of hydrogen-bond donors (Lipinski definition) is 2. The fourth-order valence-electron chi connectivity index (χ4n) is 1.60. The second-order valence-corrected chi connectivity index (χ2v) is 5.88. The molecular formula is C14H21N5O. The summed E-state index contributed by atoms with van der Waals surface area (Å²) in [7, 11) is 0. The maximum Gasteiger partial charge on any atom is 0.170 e. The van der Waals surface area contributed by atoms with Crippen molar-refractivity contribution in [3.8, 4) is 5.69 Å². The highest BCUT2D eigenvalue weighted by Crippen LogP contribution is 2.21. The van der Waals surface area contributed by atoms with Crippen LogP contribution >= 0.6 is 0 Å². The van der Waals surface area contributed by atoms with Crippen LogP contribution < -0.4 is 5.32 Å². The molecule has 108 valence electrons.